The first-order chi connectivity index (χ1) is 11.4. The first-order valence-electron chi connectivity index (χ1n) is 7.88. The standard InChI is InChI=1S/C18H19ClN2O2S/c1-9-3-6-12-14(7-9)24-18(15(12)16(20)22)21-17(23)11-5-4-10(2)13(19)8-11/h4-5,8-9H,3,6-7H2,1-2H3,(H2,20,22)(H,21,23)/t9-/m1/s1. The molecule has 3 rings (SSSR count). The average Bonchev–Trinajstić information content (AvgIpc) is 2.86. The van der Waals surface area contributed by atoms with Crippen molar-refractivity contribution < 1.29 is 9.59 Å². The van der Waals surface area contributed by atoms with Gasteiger partial charge in [-0.1, -0.05) is 24.6 Å². The molecule has 1 aromatic heterocycles. The molecule has 1 aromatic carbocycles. The largest absolute Gasteiger partial charge is 0.365 e. The topological polar surface area (TPSA) is 72.2 Å². The van der Waals surface area contributed by atoms with Gasteiger partial charge in [-0.3, -0.25) is 9.59 Å². The summed E-state index contributed by atoms with van der Waals surface area (Å²) in [5.41, 5.74) is 8.41. The summed E-state index contributed by atoms with van der Waals surface area (Å²) < 4.78 is 0. The zero-order chi connectivity index (χ0) is 17.4. The zero-order valence-corrected chi connectivity index (χ0v) is 15.2. The van der Waals surface area contributed by atoms with Crippen LogP contribution in [0.1, 0.15) is 50.1 Å². The maximum absolute atomic E-state index is 12.5. The van der Waals surface area contributed by atoms with Gasteiger partial charge in [0.1, 0.15) is 5.00 Å². The van der Waals surface area contributed by atoms with E-state index in [4.69, 9.17) is 17.3 Å². The monoisotopic (exact) mass is 362 g/mol. The van der Waals surface area contributed by atoms with Gasteiger partial charge in [-0.15, -0.1) is 11.3 Å². The number of carbonyl (C=O) groups is 2. The number of benzene rings is 1. The maximum Gasteiger partial charge on any atom is 0.256 e. The van der Waals surface area contributed by atoms with Crippen molar-refractivity contribution in [3.05, 3.63) is 50.4 Å². The summed E-state index contributed by atoms with van der Waals surface area (Å²) >= 11 is 7.55. The number of halogens is 1. The predicted molar refractivity (Wildman–Crippen MR) is 98.2 cm³/mol. The number of aryl methyl sites for hydroxylation is 1. The molecule has 0 aliphatic heterocycles. The van der Waals surface area contributed by atoms with Crippen LogP contribution in [0.5, 0.6) is 0 Å². The summed E-state index contributed by atoms with van der Waals surface area (Å²) in [5.74, 6) is -0.193. The Hall–Kier alpha value is -1.85. The third-order valence-electron chi connectivity index (χ3n) is 4.42. The van der Waals surface area contributed by atoms with Gasteiger partial charge in [0.05, 0.1) is 5.56 Å². The quantitative estimate of drug-likeness (QED) is 0.859. The summed E-state index contributed by atoms with van der Waals surface area (Å²) in [6.07, 6.45) is 2.79. The van der Waals surface area contributed by atoms with Crippen molar-refractivity contribution in [2.24, 2.45) is 11.7 Å². The van der Waals surface area contributed by atoms with E-state index in [2.05, 4.69) is 12.2 Å². The minimum Gasteiger partial charge on any atom is -0.365 e. The van der Waals surface area contributed by atoms with Gasteiger partial charge in [-0.25, -0.2) is 0 Å². The Morgan fingerprint density at radius 3 is 2.79 bits per heavy atom. The number of nitrogens with two attached hydrogens (primary N) is 1. The second kappa shape index (κ2) is 6.57. The molecule has 0 bridgehead atoms. The number of carbonyl (C=O) groups excluding carboxylic acids is 2. The molecule has 1 atom stereocenters. The SMILES string of the molecule is Cc1ccc(C(=O)Nc2sc3c(c2C(N)=O)CC[C@@H](C)C3)cc1Cl. The molecule has 0 saturated heterocycles. The van der Waals surface area contributed by atoms with Gasteiger partial charge in [0.2, 0.25) is 0 Å². The van der Waals surface area contributed by atoms with Crippen LogP contribution in [0, 0.1) is 12.8 Å². The van der Waals surface area contributed by atoms with Gasteiger partial charge in [-0.05, 0) is 55.4 Å². The molecule has 0 unspecified atom stereocenters. The summed E-state index contributed by atoms with van der Waals surface area (Å²) in [4.78, 5) is 25.6. The molecule has 0 spiro atoms. The van der Waals surface area contributed by atoms with E-state index in [1.807, 2.05) is 6.92 Å². The number of thiophene rings is 1. The minimum atomic E-state index is -0.487. The van der Waals surface area contributed by atoms with E-state index in [1.54, 1.807) is 18.2 Å². The van der Waals surface area contributed by atoms with E-state index in [1.165, 1.54) is 11.3 Å². The number of fused-ring (bicyclic) bond motifs is 1. The Balaban J connectivity index is 1.93. The Morgan fingerprint density at radius 1 is 1.38 bits per heavy atom. The highest BCUT2D eigenvalue weighted by atomic mass is 35.5. The van der Waals surface area contributed by atoms with Crippen LogP contribution in [-0.2, 0) is 12.8 Å². The van der Waals surface area contributed by atoms with Crippen LogP contribution < -0.4 is 11.1 Å². The molecule has 2 aromatic rings. The van der Waals surface area contributed by atoms with Gasteiger partial charge in [-0.2, -0.15) is 0 Å². The molecule has 4 nitrogen and oxygen atoms in total. The molecule has 1 aliphatic carbocycles. The third kappa shape index (κ3) is 3.19. The fraction of sp³-hybridized carbons (Fsp3) is 0.333. The molecule has 0 saturated carbocycles. The van der Waals surface area contributed by atoms with Crippen LogP contribution in [0.2, 0.25) is 5.02 Å². The van der Waals surface area contributed by atoms with Gasteiger partial charge in [0.15, 0.2) is 0 Å². The molecule has 126 valence electrons. The maximum atomic E-state index is 12.5. The molecule has 6 heteroatoms. The lowest BCUT2D eigenvalue weighted by atomic mass is 9.88. The zero-order valence-electron chi connectivity index (χ0n) is 13.6. The molecule has 3 N–H and O–H groups in total. The molecule has 24 heavy (non-hydrogen) atoms. The fourth-order valence-corrected chi connectivity index (χ4v) is 4.60. The van der Waals surface area contributed by atoms with Crippen molar-refractivity contribution in [3.8, 4) is 0 Å². The number of anilines is 1. The number of nitrogens with one attached hydrogen (secondary N) is 1. The minimum absolute atomic E-state index is 0.286. The van der Waals surface area contributed by atoms with Gasteiger partial charge in [0.25, 0.3) is 11.8 Å². The molecular weight excluding hydrogens is 344 g/mol. The summed E-state index contributed by atoms with van der Waals surface area (Å²) in [6, 6.07) is 5.15. The van der Waals surface area contributed by atoms with Gasteiger partial charge >= 0.3 is 0 Å². The first kappa shape index (κ1) is 17.0. The molecule has 0 fully saturated rings. The van der Waals surface area contributed by atoms with E-state index in [9.17, 15) is 9.59 Å². The summed E-state index contributed by atoms with van der Waals surface area (Å²) in [7, 11) is 0. The normalized spacial score (nSPS) is 16.5. The predicted octanol–water partition coefficient (Wildman–Crippen LogP) is 4.19. The molecule has 0 radical (unpaired) electrons. The number of hydrogen-bond acceptors (Lipinski definition) is 3. The fourth-order valence-electron chi connectivity index (χ4n) is 3.01. The van der Waals surface area contributed by atoms with Crippen molar-refractivity contribution >= 4 is 39.8 Å². The lowest BCUT2D eigenvalue weighted by molar-refractivity contribution is 0.1000. The number of primary amides is 1. The number of amides is 2. The van der Waals surface area contributed by atoms with Crippen molar-refractivity contribution in [2.75, 3.05) is 5.32 Å². The van der Waals surface area contributed by atoms with E-state index in [0.29, 0.717) is 27.1 Å². The van der Waals surface area contributed by atoms with Gasteiger partial charge in [0, 0.05) is 15.5 Å². The van der Waals surface area contributed by atoms with E-state index < -0.39 is 5.91 Å². The number of rotatable bonds is 3. The highest BCUT2D eigenvalue weighted by Crippen LogP contribution is 2.39. The van der Waals surface area contributed by atoms with Crippen molar-refractivity contribution in [2.45, 2.75) is 33.1 Å². The van der Waals surface area contributed by atoms with Gasteiger partial charge < -0.3 is 11.1 Å². The molecule has 2 amide bonds. The highest BCUT2D eigenvalue weighted by Gasteiger charge is 2.27. The van der Waals surface area contributed by atoms with Crippen LogP contribution >= 0.6 is 22.9 Å². The van der Waals surface area contributed by atoms with Crippen LogP contribution in [-0.4, -0.2) is 11.8 Å². The van der Waals surface area contributed by atoms with E-state index in [0.717, 1.165) is 35.3 Å². The van der Waals surface area contributed by atoms with Crippen LogP contribution in [0.3, 0.4) is 0 Å². The van der Waals surface area contributed by atoms with Crippen molar-refractivity contribution in [3.63, 3.8) is 0 Å². The van der Waals surface area contributed by atoms with Crippen molar-refractivity contribution in [1.82, 2.24) is 0 Å². The molecular formula is C18H19ClN2O2S. The Morgan fingerprint density at radius 2 is 2.12 bits per heavy atom. The molecule has 1 heterocycles. The summed E-state index contributed by atoms with van der Waals surface area (Å²) in [6.45, 7) is 4.07. The number of hydrogen-bond donors (Lipinski definition) is 2. The summed E-state index contributed by atoms with van der Waals surface area (Å²) in [5, 5.41) is 3.93. The van der Waals surface area contributed by atoms with Crippen LogP contribution in [0.4, 0.5) is 5.00 Å². The molecule has 1 aliphatic rings. The Labute approximate surface area is 150 Å². The Kier molecular flexibility index (Phi) is 4.65. The highest BCUT2D eigenvalue weighted by molar-refractivity contribution is 7.17. The van der Waals surface area contributed by atoms with Crippen molar-refractivity contribution in [1.29, 1.82) is 0 Å². The lowest BCUT2D eigenvalue weighted by Crippen LogP contribution is -2.19. The smallest absolute Gasteiger partial charge is 0.256 e. The van der Waals surface area contributed by atoms with E-state index >= 15 is 0 Å². The second-order valence-corrected chi connectivity index (χ2v) is 7.85. The third-order valence-corrected chi connectivity index (χ3v) is 6.00. The Bertz CT molecular complexity index is 829. The van der Waals surface area contributed by atoms with Crippen LogP contribution in [0.15, 0.2) is 18.2 Å². The lowest BCUT2D eigenvalue weighted by Gasteiger charge is -2.18. The van der Waals surface area contributed by atoms with Crippen LogP contribution in [0.25, 0.3) is 0 Å². The van der Waals surface area contributed by atoms with E-state index in [-0.39, 0.29) is 5.91 Å². The first-order valence-corrected chi connectivity index (χ1v) is 9.08. The average molecular weight is 363 g/mol. The second-order valence-electron chi connectivity index (χ2n) is 6.34.